The lowest BCUT2D eigenvalue weighted by molar-refractivity contribution is 0.0779. The Balaban J connectivity index is 2.95. The molecular formula is C13H18N2O3S. The Morgan fingerprint density at radius 3 is 2.68 bits per heavy atom. The maximum Gasteiger partial charge on any atom is 0.254 e. The summed E-state index contributed by atoms with van der Waals surface area (Å²) in [6, 6.07) is 4.53. The van der Waals surface area contributed by atoms with Crippen LogP contribution in [-0.2, 0) is 0 Å². The Hall–Kier alpha value is -1.82. The summed E-state index contributed by atoms with van der Waals surface area (Å²) in [7, 11) is 1.45. The summed E-state index contributed by atoms with van der Waals surface area (Å²) < 4.78 is 4.94. The molecule has 5 nitrogen and oxygen atoms in total. The summed E-state index contributed by atoms with van der Waals surface area (Å²) in [6.07, 6.45) is 0.802. The Morgan fingerprint density at radius 1 is 1.53 bits per heavy atom. The van der Waals surface area contributed by atoms with Crippen molar-refractivity contribution >= 4 is 23.1 Å². The number of carbonyl (C=O) groups is 1. The smallest absolute Gasteiger partial charge is 0.254 e. The number of methoxy groups -OCH3 is 1. The summed E-state index contributed by atoms with van der Waals surface area (Å²) in [5.74, 6) is 0.0423. The number of phenolic OH excluding ortho intramolecular Hbond substituents is 1. The van der Waals surface area contributed by atoms with E-state index >= 15 is 0 Å². The van der Waals surface area contributed by atoms with Crippen LogP contribution < -0.4 is 10.5 Å². The number of amides is 1. The van der Waals surface area contributed by atoms with Gasteiger partial charge in [-0.3, -0.25) is 4.79 Å². The highest BCUT2D eigenvalue weighted by atomic mass is 32.1. The molecule has 1 amide bonds. The number of rotatable bonds is 6. The molecule has 0 spiro atoms. The molecule has 0 fully saturated rings. The van der Waals surface area contributed by atoms with Gasteiger partial charge >= 0.3 is 0 Å². The third-order valence-corrected chi connectivity index (χ3v) is 2.68. The zero-order valence-corrected chi connectivity index (χ0v) is 11.9. The van der Waals surface area contributed by atoms with Crippen molar-refractivity contribution in [2.24, 2.45) is 5.73 Å². The van der Waals surface area contributed by atoms with Gasteiger partial charge in [-0.05, 0) is 24.6 Å². The minimum Gasteiger partial charge on any atom is -0.504 e. The van der Waals surface area contributed by atoms with Gasteiger partial charge in [-0.1, -0.05) is 19.1 Å². The van der Waals surface area contributed by atoms with Crippen LogP contribution in [0.4, 0.5) is 0 Å². The van der Waals surface area contributed by atoms with Crippen LogP contribution in [0.15, 0.2) is 18.2 Å². The average molecular weight is 282 g/mol. The molecule has 104 valence electrons. The number of benzene rings is 1. The van der Waals surface area contributed by atoms with Gasteiger partial charge in [0.15, 0.2) is 11.5 Å². The van der Waals surface area contributed by atoms with E-state index in [-0.39, 0.29) is 23.2 Å². The normalized spacial score (nSPS) is 10.0. The summed E-state index contributed by atoms with van der Waals surface area (Å²) in [4.78, 5) is 14.1. The minimum absolute atomic E-state index is 0.0693. The fraction of sp³-hybridized carbons (Fsp3) is 0.385. The van der Waals surface area contributed by atoms with E-state index in [1.807, 2.05) is 6.92 Å². The summed E-state index contributed by atoms with van der Waals surface area (Å²) in [5.41, 5.74) is 5.86. The van der Waals surface area contributed by atoms with Gasteiger partial charge in [-0.15, -0.1) is 0 Å². The zero-order chi connectivity index (χ0) is 14.4. The van der Waals surface area contributed by atoms with E-state index in [4.69, 9.17) is 22.7 Å². The Morgan fingerprint density at radius 2 is 2.21 bits per heavy atom. The maximum absolute atomic E-state index is 12.3. The lowest BCUT2D eigenvalue weighted by Gasteiger charge is -2.21. The average Bonchev–Trinajstić information content (AvgIpc) is 2.36. The van der Waals surface area contributed by atoms with Crippen LogP contribution in [0.2, 0.25) is 0 Å². The molecule has 0 aliphatic carbocycles. The van der Waals surface area contributed by atoms with E-state index in [1.54, 1.807) is 17.0 Å². The molecule has 0 atom stereocenters. The van der Waals surface area contributed by atoms with Gasteiger partial charge in [0, 0.05) is 12.1 Å². The van der Waals surface area contributed by atoms with Gasteiger partial charge in [-0.2, -0.15) is 0 Å². The van der Waals surface area contributed by atoms with Gasteiger partial charge in [-0.25, -0.2) is 0 Å². The van der Waals surface area contributed by atoms with Crippen LogP contribution >= 0.6 is 12.2 Å². The van der Waals surface area contributed by atoms with E-state index in [1.165, 1.54) is 13.2 Å². The van der Waals surface area contributed by atoms with Crippen LogP contribution in [0.25, 0.3) is 0 Å². The largest absolute Gasteiger partial charge is 0.504 e. The van der Waals surface area contributed by atoms with E-state index in [0.29, 0.717) is 17.9 Å². The van der Waals surface area contributed by atoms with Crippen molar-refractivity contribution < 1.29 is 14.6 Å². The van der Waals surface area contributed by atoms with Crippen LogP contribution in [-0.4, -0.2) is 41.1 Å². The Labute approximate surface area is 118 Å². The summed E-state index contributed by atoms with van der Waals surface area (Å²) >= 11 is 4.84. The number of thiocarbonyl (C=S) groups is 1. The summed E-state index contributed by atoms with van der Waals surface area (Å²) in [5, 5.41) is 9.69. The van der Waals surface area contributed by atoms with E-state index < -0.39 is 0 Å². The molecule has 0 heterocycles. The molecule has 3 N–H and O–H groups in total. The lowest BCUT2D eigenvalue weighted by atomic mass is 10.1. The molecular weight excluding hydrogens is 264 g/mol. The molecule has 1 aromatic carbocycles. The molecule has 1 aromatic rings. The molecule has 0 aliphatic rings. The number of phenols is 1. The van der Waals surface area contributed by atoms with Gasteiger partial charge in [0.1, 0.15) is 0 Å². The molecule has 0 bridgehead atoms. The van der Waals surface area contributed by atoms with Crippen molar-refractivity contribution in [3.8, 4) is 11.5 Å². The monoisotopic (exact) mass is 282 g/mol. The number of hydrogen-bond acceptors (Lipinski definition) is 4. The van der Waals surface area contributed by atoms with Crippen molar-refractivity contribution in [3.05, 3.63) is 23.8 Å². The van der Waals surface area contributed by atoms with Crippen molar-refractivity contribution in [3.63, 3.8) is 0 Å². The standard InChI is InChI=1S/C13H18N2O3S/c1-3-6-15(8-12(14)19)13(17)9-4-5-11(18-2)10(16)7-9/h4-5,7,16H,3,6,8H2,1-2H3,(H2,14,19). The van der Waals surface area contributed by atoms with Gasteiger partial charge in [0.05, 0.1) is 18.6 Å². The summed E-state index contributed by atoms with van der Waals surface area (Å²) in [6.45, 7) is 2.75. The predicted molar refractivity (Wildman–Crippen MR) is 77.6 cm³/mol. The number of ether oxygens (including phenoxy) is 1. The lowest BCUT2D eigenvalue weighted by Crippen LogP contribution is -2.38. The molecule has 1 rings (SSSR count). The number of nitrogens with two attached hydrogens (primary N) is 1. The third kappa shape index (κ3) is 4.10. The van der Waals surface area contributed by atoms with E-state index in [0.717, 1.165) is 6.42 Å². The molecule has 0 saturated heterocycles. The molecule has 0 saturated carbocycles. The van der Waals surface area contributed by atoms with E-state index in [2.05, 4.69) is 0 Å². The van der Waals surface area contributed by atoms with Crippen LogP contribution in [0.3, 0.4) is 0 Å². The maximum atomic E-state index is 12.3. The van der Waals surface area contributed by atoms with Crippen molar-refractivity contribution in [2.45, 2.75) is 13.3 Å². The SMILES string of the molecule is CCCN(CC(N)=S)C(=O)c1ccc(OC)c(O)c1. The minimum atomic E-state index is -0.215. The first-order chi connectivity index (χ1) is 8.99. The molecule has 19 heavy (non-hydrogen) atoms. The molecule has 0 unspecified atom stereocenters. The number of nitrogens with zero attached hydrogens (tertiary/aromatic N) is 1. The topological polar surface area (TPSA) is 75.8 Å². The van der Waals surface area contributed by atoms with Crippen molar-refractivity contribution in [1.29, 1.82) is 0 Å². The Kier molecular flexibility index (Phi) is 5.57. The number of aromatic hydroxyl groups is 1. The van der Waals surface area contributed by atoms with Crippen LogP contribution in [0, 0.1) is 0 Å². The van der Waals surface area contributed by atoms with Crippen molar-refractivity contribution in [1.82, 2.24) is 4.90 Å². The first kappa shape index (κ1) is 15.2. The third-order valence-electron chi connectivity index (χ3n) is 2.55. The van der Waals surface area contributed by atoms with Gasteiger partial charge in [0.25, 0.3) is 5.91 Å². The highest BCUT2D eigenvalue weighted by molar-refractivity contribution is 7.80. The quantitative estimate of drug-likeness (QED) is 0.774. The highest BCUT2D eigenvalue weighted by Crippen LogP contribution is 2.26. The van der Waals surface area contributed by atoms with Crippen molar-refractivity contribution in [2.75, 3.05) is 20.2 Å². The van der Waals surface area contributed by atoms with Gasteiger partial charge in [0.2, 0.25) is 0 Å². The first-order valence-electron chi connectivity index (χ1n) is 5.94. The molecule has 0 radical (unpaired) electrons. The second-order valence-electron chi connectivity index (χ2n) is 4.08. The van der Waals surface area contributed by atoms with Crippen LogP contribution in [0.5, 0.6) is 11.5 Å². The predicted octanol–water partition coefficient (Wildman–Crippen LogP) is 1.54. The fourth-order valence-electron chi connectivity index (χ4n) is 1.72. The molecule has 6 heteroatoms. The zero-order valence-electron chi connectivity index (χ0n) is 11.0. The molecule has 0 aromatic heterocycles. The first-order valence-corrected chi connectivity index (χ1v) is 6.35. The number of hydrogen-bond donors (Lipinski definition) is 2. The highest BCUT2D eigenvalue weighted by Gasteiger charge is 2.17. The Bertz CT molecular complexity index is 477. The second-order valence-corrected chi connectivity index (χ2v) is 4.60. The second kappa shape index (κ2) is 6.94. The molecule has 0 aliphatic heterocycles. The van der Waals surface area contributed by atoms with Gasteiger partial charge < -0.3 is 20.5 Å². The van der Waals surface area contributed by atoms with E-state index in [9.17, 15) is 9.90 Å². The number of carbonyl (C=O) groups excluding carboxylic acids is 1. The van der Waals surface area contributed by atoms with Crippen LogP contribution in [0.1, 0.15) is 23.7 Å². The fourth-order valence-corrected chi connectivity index (χ4v) is 1.87.